The zero-order valence-corrected chi connectivity index (χ0v) is 8.47. The molecule has 0 amide bonds. The molecule has 0 bridgehead atoms. The van der Waals surface area contributed by atoms with Gasteiger partial charge in [0.05, 0.1) is 22.8 Å². The normalized spacial score (nSPS) is 10.2. The molecule has 0 aliphatic rings. The zero-order valence-electron chi connectivity index (χ0n) is 6.88. The van der Waals surface area contributed by atoms with E-state index in [9.17, 15) is 4.79 Å². The molecule has 0 saturated carbocycles. The molecule has 13 heavy (non-hydrogen) atoms. The first-order valence-corrected chi connectivity index (χ1v) is 4.59. The van der Waals surface area contributed by atoms with E-state index in [-0.39, 0.29) is 6.42 Å². The van der Waals surface area contributed by atoms with Gasteiger partial charge in [-0.05, 0) is 15.9 Å². The van der Waals surface area contributed by atoms with Gasteiger partial charge in [-0.1, -0.05) is 0 Å². The molecule has 1 rings (SSSR count). The van der Waals surface area contributed by atoms with Crippen LogP contribution in [0.15, 0.2) is 10.7 Å². The van der Waals surface area contributed by atoms with Crippen LogP contribution in [0.5, 0.6) is 0 Å². The lowest BCUT2D eigenvalue weighted by Gasteiger charge is -2.00. The molecule has 0 saturated heterocycles. The molecule has 72 valence electrons. The minimum atomic E-state index is -0.795. The van der Waals surface area contributed by atoms with Crippen molar-refractivity contribution in [3.63, 3.8) is 0 Å². The first-order valence-electron chi connectivity index (χ1n) is 3.80. The number of aromatic amines is 1. The van der Waals surface area contributed by atoms with Crippen LogP contribution in [0.4, 0.5) is 0 Å². The lowest BCUT2D eigenvalue weighted by Crippen LogP contribution is -2.18. The average Bonchev–Trinajstić information content (AvgIpc) is 2.45. The van der Waals surface area contributed by atoms with Crippen LogP contribution in [0.1, 0.15) is 12.1 Å². The largest absolute Gasteiger partial charge is 0.481 e. The number of nitrogens with zero attached hydrogens (tertiary/aromatic N) is 1. The predicted octanol–water partition coefficient (Wildman–Crippen LogP) is 0.736. The standard InChI is InChI=1S/C7H10BrN3O2/c8-5-3-10-11-6(5)4-9-2-1-7(12)13/h3,9H,1-2,4H2,(H,10,11)(H,12,13). The maximum absolute atomic E-state index is 10.2. The number of nitrogens with one attached hydrogen (secondary N) is 2. The predicted molar refractivity (Wildman–Crippen MR) is 50.2 cm³/mol. The highest BCUT2D eigenvalue weighted by Gasteiger charge is 2.01. The molecule has 0 aromatic carbocycles. The lowest BCUT2D eigenvalue weighted by molar-refractivity contribution is -0.136. The molecule has 1 aromatic heterocycles. The van der Waals surface area contributed by atoms with E-state index < -0.39 is 5.97 Å². The number of H-pyrrole nitrogens is 1. The number of aliphatic carboxylic acids is 1. The first kappa shape index (κ1) is 10.2. The van der Waals surface area contributed by atoms with Crippen molar-refractivity contribution < 1.29 is 9.90 Å². The SMILES string of the molecule is O=C(O)CCNCc1[nH]ncc1Br. The quantitative estimate of drug-likeness (QED) is 0.671. The van der Waals surface area contributed by atoms with Crippen LogP contribution in [-0.4, -0.2) is 27.8 Å². The van der Waals surface area contributed by atoms with Gasteiger partial charge in [0.25, 0.3) is 0 Å². The molecule has 0 aliphatic heterocycles. The monoisotopic (exact) mass is 247 g/mol. The van der Waals surface area contributed by atoms with E-state index in [0.717, 1.165) is 10.2 Å². The maximum Gasteiger partial charge on any atom is 0.304 e. The summed E-state index contributed by atoms with van der Waals surface area (Å²) in [5, 5.41) is 17.9. The summed E-state index contributed by atoms with van der Waals surface area (Å²) < 4.78 is 0.898. The number of carbonyl (C=O) groups is 1. The van der Waals surface area contributed by atoms with E-state index in [1.54, 1.807) is 6.20 Å². The highest BCUT2D eigenvalue weighted by molar-refractivity contribution is 9.10. The van der Waals surface area contributed by atoms with Crippen LogP contribution in [0.25, 0.3) is 0 Å². The van der Waals surface area contributed by atoms with Gasteiger partial charge in [-0.15, -0.1) is 0 Å². The van der Waals surface area contributed by atoms with Crippen LogP contribution in [0.3, 0.4) is 0 Å². The second kappa shape index (κ2) is 4.98. The molecule has 3 N–H and O–H groups in total. The third-order valence-electron chi connectivity index (χ3n) is 1.48. The summed E-state index contributed by atoms with van der Waals surface area (Å²) in [6, 6.07) is 0. The number of hydrogen-bond acceptors (Lipinski definition) is 3. The number of carboxylic acid groups (broad SMARTS) is 1. The van der Waals surface area contributed by atoms with Crippen molar-refractivity contribution in [3.05, 3.63) is 16.4 Å². The Hall–Kier alpha value is -0.880. The molecule has 1 aromatic rings. The third kappa shape index (κ3) is 3.56. The van der Waals surface area contributed by atoms with Gasteiger partial charge in [0.2, 0.25) is 0 Å². The number of rotatable bonds is 5. The maximum atomic E-state index is 10.2. The Balaban J connectivity index is 2.20. The highest BCUT2D eigenvalue weighted by atomic mass is 79.9. The summed E-state index contributed by atoms with van der Waals surface area (Å²) in [6.07, 6.45) is 1.79. The van der Waals surface area contributed by atoms with Crippen molar-refractivity contribution in [1.82, 2.24) is 15.5 Å². The van der Waals surface area contributed by atoms with Gasteiger partial charge in [0.15, 0.2) is 0 Å². The molecule has 6 heteroatoms. The van der Waals surface area contributed by atoms with Crippen molar-refractivity contribution in [1.29, 1.82) is 0 Å². The highest BCUT2D eigenvalue weighted by Crippen LogP contribution is 2.11. The zero-order chi connectivity index (χ0) is 9.68. The van der Waals surface area contributed by atoms with Gasteiger partial charge in [0.1, 0.15) is 0 Å². The molecule has 0 aliphatic carbocycles. The van der Waals surface area contributed by atoms with Gasteiger partial charge in [-0.3, -0.25) is 9.89 Å². The van der Waals surface area contributed by atoms with Crippen LogP contribution >= 0.6 is 15.9 Å². The van der Waals surface area contributed by atoms with E-state index >= 15 is 0 Å². The molecular weight excluding hydrogens is 238 g/mol. The van der Waals surface area contributed by atoms with Gasteiger partial charge in [-0.2, -0.15) is 5.10 Å². The molecule has 0 unspecified atom stereocenters. The fourth-order valence-corrected chi connectivity index (χ4v) is 1.16. The van der Waals surface area contributed by atoms with Crippen molar-refractivity contribution >= 4 is 21.9 Å². The molecule has 0 radical (unpaired) electrons. The Kier molecular flexibility index (Phi) is 3.91. The number of carboxylic acids is 1. The Morgan fingerprint density at radius 1 is 1.77 bits per heavy atom. The molecule has 0 atom stereocenters. The van der Waals surface area contributed by atoms with E-state index in [2.05, 4.69) is 31.4 Å². The molecule has 1 heterocycles. The Bertz CT molecular complexity index is 287. The minimum Gasteiger partial charge on any atom is -0.481 e. The Morgan fingerprint density at radius 2 is 2.54 bits per heavy atom. The Labute approximate surface area is 83.7 Å². The van der Waals surface area contributed by atoms with Gasteiger partial charge < -0.3 is 10.4 Å². The van der Waals surface area contributed by atoms with Crippen molar-refractivity contribution in [2.75, 3.05) is 6.54 Å². The van der Waals surface area contributed by atoms with Crippen molar-refractivity contribution in [2.24, 2.45) is 0 Å². The van der Waals surface area contributed by atoms with E-state index in [4.69, 9.17) is 5.11 Å². The topological polar surface area (TPSA) is 78.0 Å². The smallest absolute Gasteiger partial charge is 0.304 e. The van der Waals surface area contributed by atoms with E-state index in [1.165, 1.54) is 0 Å². The first-order chi connectivity index (χ1) is 6.20. The fraction of sp³-hybridized carbons (Fsp3) is 0.429. The summed E-state index contributed by atoms with van der Waals surface area (Å²) in [6.45, 7) is 1.05. The minimum absolute atomic E-state index is 0.131. The summed E-state index contributed by atoms with van der Waals surface area (Å²) in [4.78, 5) is 10.2. The lowest BCUT2D eigenvalue weighted by atomic mass is 10.4. The van der Waals surface area contributed by atoms with Gasteiger partial charge >= 0.3 is 5.97 Å². The summed E-state index contributed by atoms with van der Waals surface area (Å²) in [5.41, 5.74) is 0.922. The number of hydrogen-bond donors (Lipinski definition) is 3. The van der Waals surface area contributed by atoms with Crippen molar-refractivity contribution in [2.45, 2.75) is 13.0 Å². The number of halogens is 1. The molecule has 0 fully saturated rings. The second-order valence-electron chi connectivity index (χ2n) is 2.52. The third-order valence-corrected chi connectivity index (χ3v) is 2.17. The van der Waals surface area contributed by atoms with Crippen LogP contribution < -0.4 is 5.32 Å². The fourth-order valence-electron chi connectivity index (χ4n) is 0.831. The summed E-state index contributed by atoms with van der Waals surface area (Å²) in [7, 11) is 0. The summed E-state index contributed by atoms with van der Waals surface area (Å²) in [5.74, 6) is -0.795. The average molecular weight is 248 g/mol. The van der Waals surface area contributed by atoms with Crippen LogP contribution in [0, 0.1) is 0 Å². The Morgan fingerprint density at radius 3 is 3.08 bits per heavy atom. The molecule has 0 spiro atoms. The van der Waals surface area contributed by atoms with Gasteiger partial charge in [0, 0.05) is 13.1 Å². The van der Waals surface area contributed by atoms with Crippen LogP contribution in [-0.2, 0) is 11.3 Å². The number of aromatic nitrogens is 2. The molecule has 5 nitrogen and oxygen atoms in total. The molecular formula is C7H10BrN3O2. The van der Waals surface area contributed by atoms with Crippen molar-refractivity contribution in [3.8, 4) is 0 Å². The summed E-state index contributed by atoms with van der Waals surface area (Å²) >= 11 is 3.30. The van der Waals surface area contributed by atoms with Crippen LogP contribution in [0.2, 0.25) is 0 Å². The van der Waals surface area contributed by atoms with Gasteiger partial charge in [-0.25, -0.2) is 0 Å². The second-order valence-corrected chi connectivity index (χ2v) is 3.37. The van der Waals surface area contributed by atoms with E-state index in [0.29, 0.717) is 13.1 Å². The van der Waals surface area contributed by atoms with E-state index in [1.807, 2.05) is 0 Å².